The Morgan fingerprint density at radius 1 is 1.60 bits per heavy atom. The average molecular weight is 277 g/mol. The lowest BCUT2D eigenvalue weighted by Gasteiger charge is -2.23. The van der Waals surface area contributed by atoms with Crippen LogP contribution in [0.4, 0.5) is 5.69 Å². The third kappa shape index (κ3) is 3.56. The fourth-order valence-electron chi connectivity index (χ4n) is 2.55. The standard InChI is InChI=1S/C15H23N3O2/c1-11(18-6-5-13(9-18)10-19)15(20)17-14-4-2-3-12(7-14)8-16/h2-4,7,11,13,19H,5-6,8-10,16H2,1H3,(H,17,20). The number of nitrogens with zero attached hydrogens (tertiary/aromatic N) is 1. The lowest BCUT2D eigenvalue weighted by molar-refractivity contribution is -0.120. The van der Waals surface area contributed by atoms with Gasteiger partial charge in [0.05, 0.1) is 6.04 Å². The van der Waals surface area contributed by atoms with E-state index in [2.05, 4.69) is 10.2 Å². The van der Waals surface area contributed by atoms with Gasteiger partial charge < -0.3 is 16.2 Å². The van der Waals surface area contributed by atoms with Gasteiger partial charge in [-0.25, -0.2) is 0 Å². The molecule has 0 aromatic heterocycles. The molecule has 2 rings (SSSR count). The van der Waals surface area contributed by atoms with E-state index in [-0.39, 0.29) is 18.6 Å². The molecule has 1 aliphatic heterocycles. The highest BCUT2D eigenvalue weighted by Crippen LogP contribution is 2.19. The number of carbonyl (C=O) groups excluding carboxylic acids is 1. The van der Waals surface area contributed by atoms with Gasteiger partial charge in [0.25, 0.3) is 0 Å². The zero-order valence-electron chi connectivity index (χ0n) is 11.9. The van der Waals surface area contributed by atoms with Gasteiger partial charge >= 0.3 is 0 Å². The highest BCUT2D eigenvalue weighted by atomic mass is 16.3. The van der Waals surface area contributed by atoms with Crippen LogP contribution in [0.2, 0.25) is 0 Å². The second-order valence-corrected chi connectivity index (χ2v) is 5.40. The third-order valence-corrected chi connectivity index (χ3v) is 3.93. The molecular formula is C15H23N3O2. The number of carbonyl (C=O) groups is 1. The quantitative estimate of drug-likeness (QED) is 0.743. The van der Waals surface area contributed by atoms with Crippen molar-refractivity contribution in [1.29, 1.82) is 0 Å². The summed E-state index contributed by atoms with van der Waals surface area (Å²) in [5, 5.41) is 12.1. The lowest BCUT2D eigenvalue weighted by atomic mass is 10.1. The number of hydrogen-bond donors (Lipinski definition) is 3. The topological polar surface area (TPSA) is 78.6 Å². The minimum Gasteiger partial charge on any atom is -0.396 e. The number of amides is 1. The molecule has 1 saturated heterocycles. The van der Waals surface area contributed by atoms with Crippen LogP contribution in [0.5, 0.6) is 0 Å². The molecular weight excluding hydrogens is 254 g/mol. The van der Waals surface area contributed by atoms with Crippen molar-refractivity contribution in [3.8, 4) is 0 Å². The maximum atomic E-state index is 12.2. The predicted molar refractivity (Wildman–Crippen MR) is 79.2 cm³/mol. The number of rotatable bonds is 5. The maximum absolute atomic E-state index is 12.2. The molecule has 110 valence electrons. The van der Waals surface area contributed by atoms with Crippen LogP contribution in [0.1, 0.15) is 18.9 Å². The van der Waals surface area contributed by atoms with Crippen LogP contribution in [0, 0.1) is 5.92 Å². The van der Waals surface area contributed by atoms with E-state index in [1.54, 1.807) is 0 Å². The van der Waals surface area contributed by atoms with E-state index in [1.807, 2.05) is 31.2 Å². The summed E-state index contributed by atoms with van der Waals surface area (Å²) in [6, 6.07) is 7.40. The molecule has 2 unspecified atom stereocenters. The van der Waals surface area contributed by atoms with Crippen molar-refractivity contribution in [2.24, 2.45) is 11.7 Å². The van der Waals surface area contributed by atoms with Crippen LogP contribution in [-0.4, -0.2) is 41.7 Å². The van der Waals surface area contributed by atoms with Gasteiger partial charge in [0.15, 0.2) is 0 Å². The summed E-state index contributed by atoms with van der Waals surface area (Å²) in [6.45, 7) is 4.21. The minimum absolute atomic E-state index is 0.0160. The average Bonchev–Trinajstić information content (AvgIpc) is 2.95. The Morgan fingerprint density at radius 2 is 2.40 bits per heavy atom. The molecule has 0 bridgehead atoms. The number of anilines is 1. The zero-order chi connectivity index (χ0) is 14.5. The molecule has 5 heteroatoms. The van der Waals surface area contributed by atoms with Gasteiger partial charge in [-0.3, -0.25) is 9.69 Å². The smallest absolute Gasteiger partial charge is 0.241 e. The Labute approximate surface area is 119 Å². The van der Waals surface area contributed by atoms with Crippen molar-refractivity contribution >= 4 is 11.6 Å². The van der Waals surface area contributed by atoms with Gasteiger partial charge in [0.2, 0.25) is 5.91 Å². The van der Waals surface area contributed by atoms with Crippen molar-refractivity contribution in [3.63, 3.8) is 0 Å². The molecule has 1 amide bonds. The van der Waals surface area contributed by atoms with Crippen molar-refractivity contribution < 1.29 is 9.90 Å². The summed E-state index contributed by atoms with van der Waals surface area (Å²) >= 11 is 0. The molecule has 1 aromatic carbocycles. The fraction of sp³-hybridized carbons (Fsp3) is 0.533. The maximum Gasteiger partial charge on any atom is 0.241 e. The minimum atomic E-state index is -0.187. The summed E-state index contributed by atoms with van der Waals surface area (Å²) in [5.41, 5.74) is 7.37. The first-order valence-electron chi connectivity index (χ1n) is 7.08. The lowest BCUT2D eigenvalue weighted by Crippen LogP contribution is -2.40. The summed E-state index contributed by atoms with van der Waals surface area (Å²) < 4.78 is 0. The van der Waals surface area contributed by atoms with E-state index in [0.29, 0.717) is 12.5 Å². The molecule has 20 heavy (non-hydrogen) atoms. The van der Waals surface area contributed by atoms with E-state index in [9.17, 15) is 4.79 Å². The Morgan fingerprint density at radius 3 is 3.05 bits per heavy atom. The van der Waals surface area contributed by atoms with E-state index in [0.717, 1.165) is 30.8 Å². The van der Waals surface area contributed by atoms with Crippen LogP contribution < -0.4 is 11.1 Å². The van der Waals surface area contributed by atoms with Crippen LogP contribution in [-0.2, 0) is 11.3 Å². The summed E-state index contributed by atoms with van der Waals surface area (Å²) in [4.78, 5) is 14.4. The van der Waals surface area contributed by atoms with Crippen LogP contribution in [0.25, 0.3) is 0 Å². The molecule has 1 heterocycles. The highest BCUT2D eigenvalue weighted by molar-refractivity contribution is 5.94. The monoisotopic (exact) mass is 277 g/mol. The molecule has 0 radical (unpaired) electrons. The number of aliphatic hydroxyl groups is 1. The van der Waals surface area contributed by atoms with Crippen LogP contribution in [0.3, 0.4) is 0 Å². The zero-order valence-corrected chi connectivity index (χ0v) is 11.9. The number of nitrogens with one attached hydrogen (secondary N) is 1. The van der Waals surface area contributed by atoms with E-state index in [4.69, 9.17) is 10.8 Å². The van der Waals surface area contributed by atoms with Gasteiger partial charge in [-0.1, -0.05) is 12.1 Å². The van der Waals surface area contributed by atoms with Gasteiger partial charge in [-0.2, -0.15) is 0 Å². The fourth-order valence-corrected chi connectivity index (χ4v) is 2.55. The predicted octanol–water partition coefficient (Wildman–Crippen LogP) is 0.787. The molecule has 1 fully saturated rings. The van der Waals surface area contributed by atoms with E-state index >= 15 is 0 Å². The number of nitrogens with two attached hydrogens (primary N) is 1. The molecule has 5 nitrogen and oxygen atoms in total. The normalized spacial score (nSPS) is 20.9. The van der Waals surface area contributed by atoms with Crippen molar-refractivity contribution in [2.75, 3.05) is 25.0 Å². The van der Waals surface area contributed by atoms with Crippen LogP contribution in [0.15, 0.2) is 24.3 Å². The number of aliphatic hydroxyl groups excluding tert-OH is 1. The van der Waals surface area contributed by atoms with E-state index < -0.39 is 0 Å². The van der Waals surface area contributed by atoms with Crippen molar-refractivity contribution in [3.05, 3.63) is 29.8 Å². The Hall–Kier alpha value is -1.43. The second-order valence-electron chi connectivity index (χ2n) is 5.40. The van der Waals surface area contributed by atoms with Gasteiger partial charge in [-0.05, 0) is 43.5 Å². The molecule has 4 N–H and O–H groups in total. The first-order chi connectivity index (χ1) is 9.63. The number of likely N-dealkylation sites (tertiary alicyclic amines) is 1. The van der Waals surface area contributed by atoms with Gasteiger partial charge in [-0.15, -0.1) is 0 Å². The Balaban J connectivity index is 1.94. The number of benzene rings is 1. The molecule has 0 spiro atoms. The van der Waals surface area contributed by atoms with Crippen LogP contribution >= 0.6 is 0 Å². The molecule has 0 saturated carbocycles. The Bertz CT molecular complexity index is 464. The summed E-state index contributed by atoms with van der Waals surface area (Å²) in [7, 11) is 0. The molecule has 2 atom stereocenters. The molecule has 1 aromatic rings. The SMILES string of the molecule is CC(C(=O)Nc1cccc(CN)c1)N1CCC(CO)C1. The molecule has 1 aliphatic rings. The summed E-state index contributed by atoms with van der Waals surface area (Å²) in [6.07, 6.45) is 0.955. The largest absolute Gasteiger partial charge is 0.396 e. The second kappa shape index (κ2) is 6.83. The van der Waals surface area contributed by atoms with Gasteiger partial charge in [0.1, 0.15) is 0 Å². The highest BCUT2D eigenvalue weighted by Gasteiger charge is 2.29. The van der Waals surface area contributed by atoms with Crippen molar-refractivity contribution in [2.45, 2.75) is 25.9 Å². The molecule has 0 aliphatic carbocycles. The van der Waals surface area contributed by atoms with E-state index in [1.165, 1.54) is 0 Å². The first kappa shape index (κ1) is 15.0. The summed E-state index contributed by atoms with van der Waals surface area (Å²) in [5.74, 6) is 0.281. The first-order valence-corrected chi connectivity index (χ1v) is 7.08. The third-order valence-electron chi connectivity index (χ3n) is 3.93. The van der Waals surface area contributed by atoms with Gasteiger partial charge in [0, 0.05) is 25.4 Å². The Kier molecular flexibility index (Phi) is 5.11. The van der Waals surface area contributed by atoms with Crippen molar-refractivity contribution in [1.82, 2.24) is 4.90 Å². The number of hydrogen-bond acceptors (Lipinski definition) is 4.